The monoisotopic (exact) mass is 451 g/mol. The Morgan fingerprint density at radius 2 is 1.69 bits per heavy atom. The predicted molar refractivity (Wildman–Crippen MR) is 125 cm³/mol. The Kier molecular flexibility index (Phi) is 5.55. The topological polar surface area (TPSA) is 73.5 Å². The van der Waals surface area contributed by atoms with Gasteiger partial charge in [0, 0.05) is 37.3 Å². The highest BCUT2D eigenvalue weighted by Gasteiger charge is 2.29. The number of sulfonamides is 1. The van der Waals surface area contributed by atoms with Crippen LogP contribution < -0.4 is 0 Å². The molecule has 168 valence electrons. The maximum Gasteiger partial charge on any atom is 0.256 e. The maximum atomic E-state index is 13.5. The molecule has 1 aliphatic carbocycles. The van der Waals surface area contributed by atoms with Gasteiger partial charge in [0.15, 0.2) is 0 Å². The lowest BCUT2D eigenvalue weighted by atomic mass is 9.95. The molecule has 1 aromatic heterocycles. The largest absolute Gasteiger partial charge is 0.358 e. The number of benzene rings is 2. The first-order valence-corrected chi connectivity index (χ1v) is 12.9. The number of rotatable bonds is 3. The zero-order chi connectivity index (χ0) is 22.3. The fourth-order valence-corrected chi connectivity index (χ4v) is 6.44. The van der Waals surface area contributed by atoms with Crippen molar-refractivity contribution in [1.82, 2.24) is 14.2 Å². The normalized spacial score (nSPS) is 17.8. The molecule has 3 aromatic rings. The summed E-state index contributed by atoms with van der Waals surface area (Å²) < 4.78 is 27.7. The number of para-hydroxylation sites is 1. The number of hydrogen-bond acceptors (Lipinski definition) is 3. The van der Waals surface area contributed by atoms with Crippen molar-refractivity contribution in [2.75, 3.05) is 26.2 Å². The van der Waals surface area contributed by atoms with Crippen LogP contribution in [0.15, 0.2) is 47.4 Å². The van der Waals surface area contributed by atoms with E-state index in [2.05, 4.69) is 11.1 Å². The van der Waals surface area contributed by atoms with Crippen molar-refractivity contribution in [2.45, 2.75) is 43.9 Å². The van der Waals surface area contributed by atoms with Gasteiger partial charge in [-0.25, -0.2) is 8.42 Å². The van der Waals surface area contributed by atoms with Crippen LogP contribution >= 0.6 is 0 Å². The van der Waals surface area contributed by atoms with Gasteiger partial charge >= 0.3 is 0 Å². The fraction of sp³-hybridized carbons (Fsp3) is 0.400. The third-order valence-corrected chi connectivity index (χ3v) is 8.68. The van der Waals surface area contributed by atoms with Crippen LogP contribution in [0.4, 0.5) is 0 Å². The molecule has 1 N–H and O–H groups in total. The number of aryl methyl sites for hydroxylation is 3. The van der Waals surface area contributed by atoms with Gasteiger partial charge in [0.05, 0.1) is 16.0 Å². The van der Waals surface area contributed by atoms with Gasteiger partial charge in [-0.1, -0.05) is 29.8 Å². The SMILES string of the molecule is Cc1ccc(S(=O)(=O)N2CCCN(C(=O)c3cccc4c5c([nH]c34)CCCC5)CC2)cc1. The average molecular weight is 452 g/mol. The third-order valence-electron chi connectivity index (χ3n) is 6.76. The first-order chi connectivity index (χ1) is 15.4. The molecule has 0 bridgehead atoms. The molecular weight excluding hydrogens is 422 g/mol. The number of carbonyl (C=O) groups excluding carboxylic acids is 1. The van der Waals surface area contributed by atoms with Gasteiger partial charge in [0.2, 0.25) is 10.0 Å². The van der Waals surface area contributed by atoms with Crippen LogP contribution in [0, 0.1) is 6.92 Å². The Bertz CT molecular complexity index is 1260. The lowest BCUT2D eigenvalue weighted by molar-refractivity contribution is 0.0766. The van der Waals surface area contributed by atoms with Crippen molar-refractivity contribution in [3.05, 3.63) is 64.8 Å². The van der Waals surface area contributed by atoms with Gasteiger partial charge in [0.25, 0.3) is 5.91 Å². The maximum absolute atomic E-state index is 13.5. The number of amides is 1. The van der Waals surface area contributed by atoms with Gasteiger partial charge in [-0.15, -0.1) is 0 Å². The van der Waals surface area contributed by atoms with E-state index < -0.39 is 10.0 Å². The van der Waals surface area contributed by atoms with Crippen molar-refractivity contribution in [2.24, 2.45) is 0 Å². The second-order valence-electron chi connectivity index (χ2n) is 8.88. The first kappa shape index (κ1) is 21.2. The molecule has 0 unspecified atom stereocenters. The molecule has 6 nitrogen and oxygen atoms in total. The lowest BCUT2D eigenvalue weighted by Crippen LogP contribution is -2.37. The number of H-pyrrole nitrogens is 1. The minimum absolute atomic E-state index is 0.0243. The summed E-state index contributed by atoms with van der Waals surface area (Å²) >= 11 is 0. The summed E-state index contributed by atoms with van der Waals surface area (Å²) in [6.07, 6.45) is 5.08. The Morgan fingerprint density at radius 1 is 0.906 bits per heavy atom. The molecule has 0 spiro atoms. The van der Waals surface area contributed by atoms with E-state index in [0.717, 1.165) is 29.3 Å². The molecule has 0 radical (unpaired) electrons. The Hall–Kier alpha value is -2.64. The summed E-state index contributed by atoms with van der Waals surface area (Å²) in [5.74, 6) is -0.0243. The summed E-state index contributed by atoms with van der Waals surface area (Å²) in [6.45, 7) is 3.60. The smallest absolute Gasteiger partial charge is 0.256 e. The van der Waals surface area contributed by atoms with Crippen LogP contribution in [-0.2, 0) is 22.9 Å². The van der Waals surface area contributed by atoms with E-state index in [0.29, 0.717) is 43.1 Å². The van der Waals surface area contributed by atoms with Crippen molar-refractivity contribution in [1.29, 1.82) is 0 Å². The molecule has 32 heavy (non-hydrogen) atoms. The van der Waals surface area contributed by atoms with Gasteiger partial charge in [-0.3, -0.25) is 4.79 Å². The highest BCUT2D eigenvalue weighted by Crippen LogP contribution is 2.31. The van der Waals surface area contributed by atoms with Crippen LogP contribution in [-0.4, -0.2) is 54.7 Å². The number of aromatic amines is 1. The van der Waals surface area contributed by atoms with Crippen LogP contribution in [0.3, 0.4) is 0 Å². The lowest BCUT2D eigenvalue weighted by Gasteiger charge is -2.22. The number of hydrogen-bond donors (Lipinski definition) is 1. The summed E-state index contributed by atoms with van der Waals surface area (Å²) in [5, 5.41) is 1.16. The number of carbonyl (C=O) groups is 1. The van der Waals surface area contributed by atoms with Crippen molar-refractivity contribution in [3.63, 3.8) is 0 Å². The average Bonchev–Trinajstić information content (AvgIpc) is 2.99. The molecular formula is C25H29N3O3S. The third kappa shape index (κ3) is 3.73. The second-order valence-corrected chi connectivity index (χ2v) is 10.8. The second kappa shape index (κ2) is 8.37. The molecule has 2 heterocycles. The van der Waals surface area contributed by atoms with E-state index in [-0.39, 0.29) is 5.91 Å². The van der Waals surface area contributed by atoms with Crippen LogP contribution in [0.1, 0.15) is 46.4 Å². The van der Waals surface area contributed by atoms with Gasteiger partial charge < -0.3 is 9.88 Å². The van der Waals surface area contributed by atoms with E-state index in [1.54, 1.807) is 17.0 Å². The number of nitrogens with one attached hydrogen (secondary N) is 1. The quantitative estimate of drug-likeness (QED) is 0.657. The number of aromatic nitrogens is 1. The molecule has 0 saturated carbocycles. The molecule has 0 atom stereocenters. The minimum Gasteiger partial charge on any atom is -0.358 e. The molecule has 2 aliphatic rings. The van der Waals surface area contributed by atoms with E-state index in [4.69, 9.17) is 0 Å². The standard InChI is InChI=1S/C25H29N3O3S/c1-18-10-12-19(13-11-18)32(30,31)28-15-5-14-27(16-17-28)25(29)22-8-4-7-21-20-6-2-3-9-23(20)26-24(21)22/h4,7-8,10-13,26H,2-3,5-6,9,14-17H2,1H3. The Morgan fingerprint density at radius 3 is 2.50 bits per heavy atom. The zero-order valence-electron chi connectivity index (χ0n) is 18.4. The van der Waals surface area contributed by atoms with Crippen molar-refractivity contribution >= 4 is 26.8 Å². The highest BCUT2D eigenvalue weighted by molar-refractivity contribution is 7.89. The zero-order valence-corrected chi connectivity index (χ0v) is 19.2. The summed E-state index contributed by atoms with van der Waals surface area (Å²) in [5.41, 5.74) is 5.26. The van der Waals surface area contributed by atoms with Gasteiger partial charge in [0.1, 0.15) is 0 Å². The van der Waals surface area contributed by atoms with Gasteiger partial charge in [-0.05, 0) is 62.8 Å². The van der Waals surface area contributed by atoms with E-state index in [1.807, 2.05) is 31.2 Å². The molecule has 2 aromatic carbocycles. The Labute approximate surface area is 189 Å². The fourth-order valence-electron chi connectivity index (χ4n) is 4.97. The molecule has 1 amide bonds. The Balaban J connectivity index is 1.37. The predicted octanol–water partition coefficient (Wildman–Crippen LogP) is 3.89. The number of fused-ring (bicyclic) bond motifs is 3. The summed E-state index contributed by atoms with van der Waals surface area (Å²) in [6, 6.07) is 12.9. The van der Waals surface area contributed by atoms with Crippen LogP contribution in [0.2, 0.25) is 0 Å². The summed E-state index contributed by atoms with van der Waals surface area (Å²) in [7, 11) is -3.56. The molecule has 1 saturated heterocycles. The first-order valence-electron chi connectivity index (χ1n) is 11.4. The van der Waals surface area contributed by atoms with E-state index in [9.17, 15) is 13.2 Å². The highest BCUT2D eigenvalue weighted by atomic mass is 32.2. The van der Waals surface area contributed by atoms with Crippen molar-refractivity contribution in [3.8, 4) is 0 Å². The molecule has 1 fully saturated rings. The molecule has 5 rings (SSSR count). The van der Waals surface area contributed by atoms with E-state index >= 15 is 0 Å². The number of nitrogens with zero attached hydrogens (tertiary/aromatic N) is 2. The van der Waals surface area contributed by atoms with Crippen LogP contribution in [0.5, 0.6) is 0 Å². The minimum atomic E-state index is -3.56. The van der Waals surface area contributed by atoms with Crippen molar-refractivity contribution < 1.29 is 13.2 Å². The van der Waals surface area contributed by atoms with Crippen LogP contribution in [0.25, 0.3) is 10.9 Å². The van der Waals surface area contributed by atoms with E-state index in [1.165, 1.54) is 28.4 Å². The summed E-state index contributed by atoms with van der Waals surface area (Å²) in [4.78, 5) is 19.1. The van der Waals surface area contributed by atoms with Gasteiger partial charge in [-0.2, -0.15) is 4.31 Å². The molecule has 7 heteroatoms. The molecule has 1 aliphatic heterocycles.